The highest BCUT2D eigenvalue weighted by atomic mass is 16.2. The largest absolute Gasteiger partial charge is 0.354 e. The monoisotopic (exact) mass is 498 g/mol. The summed E-state index contributed by atoms with van der Waals surface area (Å²) in [4.78, 5) is 73.3. The summed E-state index contributed by atoms with van der Waals surface area (Å²) in [6, 6.07) is -2.10. The summed E-state index contributed by atoms with van der Waals surface area (Å²) in [5, 5.41) is 21.5. The Morgan fingerprint density at radius 1 is 0.657 bits per heavy atom. The van der Waals surface area contributed by atoms with E-state index >= 15 is 0 Å². The molecule has 8 N–H and O–H groups in total. The van der Waals surface area contributed by atoms with Gasteiger partial charge in [-0.25, -0.2) is 0 Å². The van der Waals surface area contributed by atoms with Crippen molar-refractivity contribution in [2.24, 2.45) is 0 Å². The fourth-order valence-corrected chi connectivity index (χ4v) is 3.34. The number of amides is 6. The smallest absolute Gasteiger partial charge is 0.234 e. The Hall–Kier alpha value is -3.26. The molecule has 3 atom stereocenters. The van der Waals surface area contributed by atoms with E-state index in [1.54, 1.807) is 21.0 Å². The van der Waals surface area contributed by atoms with Gasteiger partial charge in [0.15, 0.2) is 0 Å². The van der Waals surface area contributed by atoms with Crippen molar-refractivity contribution in [1.29, 1.82) is 0 Å². The second-order valence-corrected chi connectivity index (χ2v) is 8.23. The Morgan fingerprint density at radius 2 is 0.971 bits per heavy atom. The van der Waals surface area contributed by atoms with Gasteiger partial charge in [0.1, 0.15) is 0 Å². The second-order valence-electron chi connectivity index (χ2n) is 8.23. The highest BCUT2D eigenvalue weighted by Gasteiger charge is 2.26. The van der Waals surface area contributed by atoms with E-state index in [1.807, 2.05) is 0 Å². The summed E-state index contributed by atoms with van der Waals surface area (Å²) in [5.74, 6) is -2.17. The third-order valence-corrected chi connectivity index (χ3v) is 5.02. The molecule has 1 heterocycles. The lowest BCUT2D eigenvalue weighted by Gasteiger charge is -2.26. The predicted molar refractivity (Wildman–Crippen MR) is 127 cm³/mol. The van der Waals surface area contributed by atoms with Crippen LogP contribution in [0.25, 0.3) is 0 Å². The van der Waals surface area contributed by atoms with Crippen LogP contribution in [-0.4, -0.2) is 100 Å². The molecule has 0 spiro atoms. The molecule has 14 heteroatoms. The molecule has 14 nitrogen and oxygen atoms in total. The topological polar surface area (TPSA) is 199 Å². The van der Waals surface area contributed by atoms with Crippen molar-refractivity contribution < 1.29 is 28.8 Å². The molecule has 1 rings (SSSR count). The highest BCUT2D eigenvalue weighted by Crippen LogP contribution is 2.02. The maximum Gasteiger partial charge on any atom is 0.234 e. The fourth-order valence-electron chi connectivity index (χ4n) is 3.34. The lowest BCUT2D eigenvalue weighted by atomic mass is 10.1. The van der Waals surface area contributed by atoms with Crippen molar-refractivity contribution >= 4 is 35.4 Å². The van der Waals surface area contributed by atoms with Crippen LogP contribution in [0.5, 0.6) is 0 Å². The van der Waals surface area contributed by atoms with Gasteiger partial charge in [-0.05, 0) is 14.1 Å². The molecule has 35 heavy (non-hydrogen) atoms. The molecule has 6 amide bonds. The molecule has 0 radical (unpaired) electrons. The molecule has 1 saturated heterocycles. The van der Waals surface area contributed by atoms with Gasteiger partial charge in [-0.15, -0.1) is 0 Å². The van der Waals surface area contributed by atoms with Gasteiger partial charge in [-0.2, -0.15) is 0 Å². The molecule has 1 aliphatic heterocycles. The SMILES string of the molecule is CCC(=O)NC[C@H]1CC(=O)N[C@@H](CNC(=O)CNC)CC(=O)N[C@@H](CNC(=O)CNC)CC(=O)N1. The molecule has 0 unspecified atom stereocenters. The van der Waals surface area contributed by atoms with Gasteiger partial charge in [-0.1, -0.05) is 6.92 Å². The standard InChI is InChI=1S/C21H38N8O6/c1-4-16(30)24-8-13-5-17(31)28-15(10-26-21(35)12-23-3)7-19(33)29-14(6-18(32)27-13)9-25-20(34)11-22-2/h13-15,22-23H,4-12H2,1-3H3,(H,24,30)(H,25,34)(H,26,35)(H,27,32)(H,28,31)(H,29,33)/t13-,14-,15-/m1/s1. The minimum Gasteiger partial charge on any atom is -0.354 e. The van der Waals surface area contributed by atoms with E-state index < -0.39 is 35.8 Å². The van der Waals surface area contributed by atoms with Crippen molar-refractivity contribution in [2.75, 3.05) is 46.8 Å². The van der Waals surface area contributed by atoms with Crippen LogP contribution in [0.4, 0.5) is 0 Å². The second kappa shape index (κ2) is 16.4. The summed E-state index contributed by atoms with van der Waals surface area (Å²) < 4.78 is 0. The van der Waals surface area contributed by atoms with E-state index in [2.05, 4.69) is 42.5 Å². The van der Waals surface area contributed by atoms with Gasteiger partial charge in [0.25, 0.3) is 0 Å². The van der Waals surface area contributed by atoms with Crippen LogP contribution in [0, 0.1) is 0 Å². The number of hydrogen-bond acceptors (Lipinski definition) is 8. The van der Waals surface area contributed by atoms with E-state index in [0.29, 0.717) is 0 Å². The molecule has 1 aliphatic rings. The van der Waals surface area contributed by atoms with Gasteiger partial charge < -0.3 is 42.5 Å². The Kier molecular flexibility index (Phi) is 13.9. The van der Waals surface area contributed by atoms with Gasteiger partial charge >= 0.3 is 0 Å². The molecule has 0 aromatic heterocycles. The fraction of sp³-hybridized carbons (Fsp3) is 0.714. The molecule has 0 aromatic carbocycles. The van der Waals surface area contributed by atoms with Crippen LogP contribution in [0.1, 0.15) is 32.6 Å². The molecule has 1 fully saturated rings. The number of rotatable bonds is 11. The maximum absolute atomic E-state index is 12.7. The van der Waals surface area contributed by atoms with Gasteiger partial charge in [-0.3, -0.25) is 28.8 Å². The predicted octanol–water partition coefficient (Wildman–Crippen LogP) is -4.18. The van der Waals surface area contributed by atoms with E-state index in [-0.39, 0.29) is 76.1 Å². The lowest BCUT2D eigenvalue weighted by Crippen LogP contribution is -2.54. The first kappa shape index (κ1) is 29.8. The Balaban J connectivity index is 2.99. The zero-order valence-corrected chi connectivity index (χ0v) is 20.5. The lowest BCUT2D eigenvalue weighted by molar-refractivity contribution is -0.128. The van der Waals surface area contributed by atoms with Crippen LogP contribution in [0.15, 0.2) is 0 Å². The average Bonchev–Trinajstić information content (AvgIpc) is 2.78. The third-order valence-electron chi connectivity index (χ3n) is 5.02. The Labute approximate surface area is 204 Å². The third kappa shape index (κ3) is 13.3. The summed E-state index contributed by atoms with van der Waals surface area (Å²) in [7, 11) is 3.23. The zero-order chi connectivity index (χ0) is 26.2. The van der Waals surface area contributed by atoms with Crippen LogP contribution >= 0.6 is 0 Å². The van der Waals surface area contributed by atoms with Crippen molar-refractivity contribution in [3.8, 4) is 0 Å². The van der Waals surface area contributed by atoms with Crippen molar-refractivity contribution in [2.45, 2.75) is 50.7 Å². The van der Waals surface area contributed by atoms with Crippen LogP contribution in [0.2, 0.25) is 0 Å². The van der Waals surface area contributed by atoms with Crippen molar-refractivity contribution in [1.82, 2.24) is 42.5 Å². The van der Waals surface area contributed by atoms with Crippen molar-refractivity contribution in [3.05, 3.63) is 0 Å². The van der Waals surface area contributed by atoms with Crippen LogP contribution in [-0.2, 0) is 28.8 Å². The number of likely N-dealkylation sites (N-methyl/N-ethyl adjacent to an activating group) is 2. The normalized spacial score (nSPS) is 21.3. The van der Waals surface area contributed by atoms with Gasteiger partial charge in [0.2, 0.25) is 35.4 Å². The number of nitrogens with one attached hydrogen (secondary N) is 8. The van der Waals surface area contributed by atoms with Crippen molar-refractivity contribution in [3.63, 3.8) is 0 Å². The average molecular weight is 499 g/mol. The van der Waals surface area contributed by atoms with Gasteiger partial charge in [0, 0.05) is 45.3 Å². The highest BCUT2D eigenvalue weighted by molar-refractivity contribution is 5.84. The molecule has 0 aromatic rings. The molecular weight excluding hydrogens is 460 g/mol. The summed E-state index contributed by atoms with van der Waals surface area (Å²) in [6.07, 6.45) is -0.177. The first-order chi connectivity index (χ1) is 16.7. The summed E-state index contributed by atoms with van der Waals surface area (Å²) in [5.41, 5.74) is 0. The minimum atomic E-state index is -0.705. The molecule has 0 aliphatic carbocycles. The van der Waals surface area contributed by atoms with E-state index in [4.69, 9.17) is 0 Å². The van der Waals surface area contributed by atoms with E-state index in [1.165, 1.54) is 0 Å². The number of hydrogen-bond donors (Lipinski definition) is 8. The first-order valence-corrected chi connectivity index (χ1v) is 11.6. The summed E-state index contributed by atoms with van der Waals surface area (Å²) in [6.45, 7) is 1.92. The molecule has 0 saturated carbocycles. The molecular formula is C21H38N8O6. The Bertz CT molecular complexity index is 712. The Morgan fingerprint density at radius 3 is 1.26 bits per heavy atom. The number of carbonyl (C=O) groups is 6. The van der Waals surface area contributed by atoms with Gasteiger partial charge in [0.05, 0.1) is 31.2 Å². The first-order valence-electron chi connectivity index (χ1n) is 11.6. The quantitative estimate of drug-likeness (QED) is 0.140. The number of carbonyl (C=O) groups excluding carboxylic acids is 6. The minimum absolute atomic E-state index is 0.0207. The molecule has 198 valence electrons. The van der Waals surface area contributed by atoms with Crippen LogP contribution in [0.3, 0.4) is 0 Å². The maximum atomic E-state index is 12.7. The zero-order valence-electron chi connectivity index (χ0n) is 20.5. The van der Waals surface area contributed by atoms with Crippen LogP contribution < -0.4 is 42.5 Å². The van der Waals surface area contributed by atoms with E-state index in [9.17, 15) is 28.8 Å². The summed E-state index contributed by atoms with van der Waals surface area (Å²) >= 11 is 0. The van der Waals surface area contributed by atoms with E-state index in [0.717, 1.165) is 0 Å². The molecule has 0 bridgehead atoms.